The molecule has 2 atom stereocenters. The minimum Gasteiger partial charge on any atom is -0.391 e. The topological polar surface area (TPSA) is 75.3 Å². The van der Waals surface area contributed by atoms with Crippen molar-refractivity contribution in [2.24, 2.45) is 0 Å². The van der Waals surface area contributed by atoms with Crippen molar-refractivity contribution in [2.75, 3.05) is 17.7 Å². The number of halogens is 1. The lowest BCUT2D eigenvalue weighted by molar-refractivity contribution is 0.105. The van der Waals surface area contributed by atoms with Gasteiger partial charge in [0.15, 0.2) is 0 Å². The quantitative estimate of drug-likeness (QED) is 0.811. The van der Waals surface area contributed by atoms with Crippen LogP contribution in [0.1, 0.15) is 25.7 Å². The van der Waals surface area contributed by atoms with Crippen molar-refractivity contribution in [1.82, 2.24) is 9.97 Å². The average molecular weight is 301 g/mol. The number of hydrogen-bond donors (Lipinski definition) is 2. The minimum atomic E-state index is -0.308. The molecule has 1 saturated carbocycles. The van der Waals surface area contributed by atoms with Gasteiger partial charge in [0.2, 0.25) is 5.95 Å². The van der Waals surface area contributed by atoms with E-state index in [1.54, 1.807) is 6.07 Å². The summed E-state index contributed by atoms with van der Waals surface area (Å²) >= 11 is 3.30. The first kappa shape index (κ1) is 12.6. The number of anilines is 2. The molecule has 1 heterocycles. The van der Waals surface area contributed by atoms with E-state index in [-0.39, 0.29) is 12.1 Å². The first-order valence-electron chi connectivity index (χ1n) is 5.79. The van der Waals surface area contributed by atoms with Gasteiger partial charge in [-0.25, -0.2) is 4.98 Å². The highest BCUT2D eigenvalue weighted by Crippen LogP contribution is 2.25. The number of nitrogens with zero attached hydrogens (tertiary/aromatic N) is 3. The molecule has 17 heavy (non-hydrogen) atoms. The van der Waals surface area contributed by atoms with E-state index >= 15 is 0 Å². The van der Waals surface area contributed by atoms with Gasteiger partial charge in [0.05, 0.1) is 12.1 Å². The van der Waals surface area contributed by atoms with E-state index in [0.717, 1.165) is 25.7 Å². The zero-order valence-corrected chi connectivity index (χ0v) is 11.4. The molecule has 2 rings (SSSR count). The molecule has 5 nitrogen and oxygen atoms in total. The number of nitrogen functional groups attached to an aromatic ring is 1. The summed E-state index contributed by atoms with van der Waals surface area (Å²) in [4.78, 5) is 10.4. The van der Waals surface area contributed by atoms with Gasteiger partial charge in [0, 0.05) is 13.1 Å². The smallest absolute Gasteiger partial charge is 0.228 e. The fourth-order valence-corrected chi connectivity index (χ4v) is 2.67. The Balaban J connectivity index is 2.20. The standard InChI is InChI=1S/C11H17BrN4O/c1-16(7-4-2-3-5-8(7)17)11-14-9(12)6-10(13)15-11/h6-8,17H,2-5H2,1H3,(H2,13,14,15). The lowest BCUT2D eigenvalue weighted by Crippen LogP contribution is -2.44. The molecule has 94 valence electrons. The zero-order valence-electron chi connectivity index (χ0n) is 9.80. The molecule has 0 radical (unpaired) electrons. The minimum absolute atomic E-state index is 0.0810. The second kappa shape index (κ2) is 5.18. The molecule has 0 aliphatic heterocycles. The zero-order chi connectivity index (χ0) is 12.4. The van der Waals surface area contributed by atoms with Crippen LogP contribution in [0.2, 0.25) is 0 Å². The Hall–Kier alpha value is -0.880. The molecule has 0 saturated heterocycles. The molecule has 0 amide bonds. The van der Waals surface area contributed by atoms with E-state index in [0.29, 0.717) is 16.4 Å². The van der Waals surface area contributed by atoms with E-state index < -0.39 is 0 Å². The van der Waals surface area contributed by atoms with Gasteiger partial charge in [-0.3, -0.25) is 0 Å². The number of rotatable bonds is 2. The van der Waals surface area contributed by atoms with E-state index in [2.05, 4.69) is 25.9 Å². The molecular formula is C11H17BrN4O. The van der Waals surface area contributed by atoms with Crippen LogP contribution in [0.5, 0.6) is 0 Å². The van der Waals surface area contributed by atoms with Crippen molar-refractivity contribution in [1.29, 1.82) is 0 Å². The Bertz CT molecular complexity index is 381. The van der Waals surface area contributed by atoms with Gasteiger partial charge in [-0.2, -0.15) is 4.98 Å². The molecule has 0 spiro atoms. The number of aliphatic hydroxyl groups excluding tert-OH is 1. The van der Waals surface area contributed by atoms with Crippen LogP contribution in [-0.4, -0.2) is 34.3 Å². The molecule has 3 N–H and O–H groups in total. The van der Waals surface area contributed by atoms with Crippen molar-refractivity contribution < 1.29 is 5.11 Å². The van der Waals surface area contributed by atoms with Crippen molar-refractivity contribution in [3.8, 4) is 0 Å². The summed E-state index contributed by atoms with van der Waals surface area (Å²) in [7, 11) is 1.90. The normalized spacial score (nSPS) is 24.6. The first-order valence-corrected chi connectivity index (χ1v) is 6.58. The van der Waals surface area contributed by atoms with E-state index in [4.69, 9.17) is 5.73 Å². The molecule has 1 aromatic rings. The summed E-state index contributed by atoms with van der Waals surface area (Å²) in [5, 5.41) is 10.00. The third kappa shape index (κ3) is 2.87. The second-order valence-corrected chi connectivity index (χ2v) is 5.26. The second-order valence-electron chi connectivity index (χ2n) is 4.45. The molecule has 0 bridgehead atoms. The van der Waals surface area contributed by atoms with Crippen molar-refractivity contribution in [2.45, 2.75) is 37.8 Å². The summed E-state index contributed by atoms with van der Waals surface area (Å²) < 4.78 is 0.664. The molecule has 1 fully saturated rings. The number of hydrogen-bond acceptors (Lipinski definition) is 5. The summed E-state index contributed by atoms with van der Waals surface area (Å²) in [6.07, 6.45) is 3.73. The highest BCUT2D eigenvalue weighted by atomic mass is 79.9. The van der Waals surface area contributed by atoms with Crippen LogP contribution in [0.25, 0.3) is 0 Å². The van der Waals surface area contributed by atoms with Crippen LogP contribution in [0.4, 0.5) is 11.8 Å². The van der Waals surface area contributed by atoms with Crippen LogP contribution < -0.4 is 10.6 Å². The number of likely N-dealkylation sites (N-methyl/N-ethyl adjacent to an activating group) is 1. The maximum Gasteiger partial charge on any atom is 0.228 e. The van der Waals surface area contributed by atoms with Gasteiger partial charge in [-0.1, -0.05) is 12.8 Å². The Morgan fingerprint density at radius 3 is 2.76 bits per heavy atom. The number of nitrogens with two attached hydrogens (primary N) is 1. The lowest BCUT2D eigenvalue weighted by atomic mass is 9.92. The Morgan fingerprint density at radius 1 is 1.41 bits per heavy atom. The summed E-state index contributed by atoms with van der Waals surface area (Å²) in [5.41, 5.74) is 5.69. The fourth-order valence-electron chi connectivity index (χ4n) is 2.27. The summed E-state index contributed by atoms with van der Waals surface area (Å²) in [5.74, 6) is 0.988. The predicted octanol–water partition coefficient (Wildman–Crippen LogP) is 1.56. The highest BCUT2D eigenvalue weighted by molar-refractivity contribution is 9.10. The van der Waals surface area contributed by atoms with Crippen LogP contribution in [0.15, 0.2) is 10.7 Å². The maximum atomic E-state index is 10.00. The lowest BCUT2D eigenvalue weighted by Gasteiger charge is -2.35. The third-order valence-electron chi connectivity index (χ3n) is 3.21. The van der Waals surface area contributed by atoms with Crippen molar-refractivity contribution in [3.05, 3.63) is 10.7 Å². The van der Waals surface area contributed by atoms with Gasteiger partial charge in [0.1, 0.15) is 10.4 Å². The Labute approximate surface area is 109 Å². The molecule has 1 aliphatic carbocycles. The fraction of sp³-hybridized carbons (Fsp3) is 0.636. The SMILES string of the molecule is CN(c1nc(N)cc(Br)n1)C1CCCCC1O. The Kier molecular flexibility index (Phi) is 3.83. The number of aliphatic hydroxyl groups is 1. The van der Waals surface area contributed by atoms with Crippen LogP contribution in [0.3, 0.4) is 0 Å². The molecule has 1 aromatic heterocycles. The monoisotopic (exact) mass is 300 g/mol. The molecule has 6 heteroatoms. The summed E-state index contributed by atoms with van der Waals surface area (Å²) in [6.45, 7) is 0. The first-order chi connectivity index (χ1) is 8.08. The van der Waals surface area contributed by atoms with Gasteiger partial charge in [-0.05, 0) is 28.8 Å². The summed E-state index contributed by atoms with van der Waals surface area (Å²) in [6, 6.07) is 1.74. The van der Waals surface area contributed by atoms with Crippen LogP contribution in [-0.2, 0) is 0 Å². The largest absolute Gasteiger partial charge is 0.391 e. The highest BCUT2D eigenvalue weighted by Gasteiger charge is 2.28. The van der Waals surface area contributed by atoms with Gasteiger partial charge < -0.3 is 15.7 Å². The molecule has 2 unspecified atom stereocenters. The average Bonchev–Trinajstić information content (AvgIpc) is 2.27. The van der Waals surface area contributed by atoms with Gasteiger partial charge in [0.25, 0.3) is 0 Å². The maximum absolute atomic E-state index is 10.00. The van der Waals surface area contributed by atoms with Crippen LogP contribution >= 0.6 is 15.9 Å². The molecule has 1 aliphatic rings. The predicted molar refractivity (Wildman–Crippen MR) is 70.8 cm³/mol. The van der Waals surface area contributed by atoms with Gasteiger partial charge >= 0.3 is 0 Å². The van der Waals surface area contributed by atoms with Gasteiger partial charge in [-0.15, -0.1) is 0 Å². The number of aromatic nitrogens is 2. The Morgan fingerprint density at radius 2 is 2.12 bits per heavy atom. The van der Waals surface area contributed by atoms with E-state index in [1.165, 1.54) is 0 Å². The molecular weight excluding hydrogens is 284 g/mol. The molecule has 0 aromatic carbocycles. The van der Waals surface area contributed by atoms with E-state index in [1.807, 2.05) is 11.9 Å². The van der Waals surface area contributed by atoms with E-state index in [9.17, 15) is 5.11 Å². The van der Waals surface area contributed by atoms with Crippen molar-refractivity contribution >= 4 is 27.7 Å². The third-order valence-corrected chi connectivity index (χ3v) is 3.62. The van der Waals surface area contributed by atoms with Crippen molar-refractivity contribution in [3.63, 3.8) is 0 Å². The van der Waals surface area contributed by atoms with Crippen LogP contribution in [0, 0.1) is 0 Å².